The Morgan fingerprint density at radius 3 is 2.54 bits per heavy atom. The van der Waals surface area contributed by atoms with Gasteiger partial charge in [0.2, 0.25) is 10.0 Å². The van der Waals surface area contributed by atoms with Gasteiger partial charge in [0.1, 0.15) is 0 Å². The zero-order valence-corrected chi connectivity index (χ0v) is 15.0. The number of nitrogens with zero attached hydrogens (tertiary/aromatic N) is 1. The van der Waals surface area contributed by atoms with Crippen LogP contribution in [0.5, 0.6) is 0 Å². The van der Waals surface area contributed by atoms with Crippen LogP contribution in [0.1, 0.15) is 55.8 Å². The smallest absolute Gasteiger partial charge is 0.251 e. The molecule has 0 unspecified atom stereocenters. The average Bonchev–Trinajstić information content (AvgIpc) is 3.12. The third-order valence-electron chi connectivity index (χ3n) is 5.23. The van der Waals surface area contributed by atoms with Crippen molar-refractivity contribution < 1.29 is 13.2 Å². The molecule has 1 saturated heterocycles. The molecular formula is C18H26N2O3S. The van der Waals surface area contributed by atoms with Gasteiger partial charge in [0.05, 0.1) is 4.90 Å². The van der Waals surface area contributed by atoms with Crippen molar-refractivity contribution >= 4 is 15.9 Å². The van der Waals surface area contributed by atoms with E-state index in [9.17, 15) is 13.2 Å². The van der Waals surface area contributed by atoms with Gasteiger partial charge in [-0.25, -0.2) is 8.42 Å². The molecule has 1 aliphatic heterocycles. The molecule has 2 fully saturated rings. The second-order valence-corrected chi connectivity index (χ2v) is 8.92. The highest BCUT2D eigenvalue weighted by Crippen LogP contribution is 2.25. The number of nitrogens with one attached hydrogen (secondary N) is 1. The van der Waals surface area contributed by atoms with Gasteiger partial charge in [0.15, 0.2) is 0 Å². The highest BCUT2D eigenvalue weighted by molar-refractivity contribution is 7.89. The van der Waals surface area contributed by atoms with Crippen LogP contribution in [-0.2, 0) is 10.0 Å². The summed E-state index contributed by atoms with van der Waals surface area (Å²) in [5.41, 5.74) is 0.424. The minimum atomic E-state index is -3.49. The Labute approximate surface area is 144 Å². The fourth-order valence-electron chi connectivity index (χ4n) is 3.66. The van der Waals surface area contributed by atoms with Crippen molar-refractivity contribution in [3.63, 3.8) is 0 Å². The summed E-state index contributed by atoms with van der Waals surface area (Å²) >= 11 is 0. The number of carbonyl (C=O) groups excluding carboxylic acids is 1. The van der Waals surface area contributed by atoms with Gasteiger partial charge >= 0.3 is 0 Å². The molecule has 0 aromatic heterocycles. The lowest BCUT2D eigenvalue weighted by molar-refractivity contribution is 0.0910. The third-order valence-corrected chi connectivity index (χ3v) is 7.12. The molecule has 1 amide bonds. The molecule has 3 rings (SSSR count). The van der Waals surface area contributed by atoms with Gasteiger partial charge in [0.25, 0.3) is 5.91 Å². The van der Waals surface area contributed by atoms with E-state index in [1.807, 2.05) is 0 Å². The third kappa shape index (κ3) is 3.64. The molecule has 6 heteroatoms. The van der Waals surface area contributed by atoms with E-state index in [0.29, 0.717) is 24.6 Å². The highest BCUT2D eigenvalue weighted by Gasteiger charge is 2.28. The Morgan fingerprint density at radius 1 is 1.12 bits per heavy atom. The first-order valence-electron chi connectivity index (χ1n) is 8.89. The SMILES string of the molecule is C[C@H]1CCCC[C@H]1NC(=O)c1cccc(S(=O)(=O)N2CCCC2)c1. The summed E-state index contributed by atoms with van der Waals surface area (Å²) in [5, 5.41) is 3.09. The van der Waals surface area contributed by atoms with Crippen LogP contribution in [0.2, 0.25) is 0 Å². The van der Waals surface area contributed by atoms with Crippen LogP contribution in [0.15, 0.2) is 29.2 Å². The quantitative estimate of drug-likeness (QED) is 0.908. The monoisotopic (exact) mass is 350 g/mol. The minimum Gasteiger partial charge on any atom is -0.349 e. The van der Waals surface area contributed by atoms with Crippen LogP contribution in [0.3, 0.4) is 0 Å². The molecular weight excluding hydrogens is 324 g/mol. The Hall–Kier alpha value is -1.40. The minimum absolute atomic E-state index is 0.174. The Morgan fingerprint density at radius 2 is 1.83 bits per heavy atom. The molecule has 1 saturated carbocycles. The van der Waals surface area contributed by atoms with Gasteiger partial charge in [-0.15, -0.1) is 0 Å². The molecule has 24 heavy (non-hydrogen) atoms. The summed E-state index contributed by atoms with van der Waals surface area (Å²) < 4.78 is 26.8. The number of sulfonamides is 1. The Bertz CT molecular complexity index is 696. The van der Waals surface area contributed by atoms with E-state index in [-0.39, 0.29) is 16.8 Å². The molecule has 1 aromatic rings. The molecule has 5 nitrogen and oxygen atoms in total. The van der Waals surface area contributed by atoms with Crippen molar-refractivity contribution in [3.05, 3.63) is 29.8 Å². The Balaban J connectivity index is 1.76. The van der Waals surface area contributed by atoms with E-state index in [4.69, 9.17) is 0 Å². The molecule has 2 atom stereocenters. The molecule has 2 aliphatic rings. The first-order chi connectivity index (χ1) is 11.5. The molecule has 0 radical (unpaired) electrons. The first kappa shape index (κ1) is 17.4. The lowest BCUT2D eigenvalue weighted by Gasteiger charge is -2.29. The standard InChI is InChI=1S/C18H26N2O3S/c1-14-7-2-3-10-17(14)19-18(21)15-8-6-9-16(13-15)24(22,23)20-11-4-5-12-20/h6,8-9,13-14,17H,2-5,7,10-12H2,1H3,(H,19,21)/t14-,17+/m0/s1. The van der Waals surface area contributed by atoms with Gasteiger partial charge in [-0.2, -0.15) is 4.31 Å². The summed E-state index contributed by atoms with van der Waals surface area (Å²) in [4.78, 5) is 12.8. The van der Waals surface area contributed by atoms with Crippen molar-refractivity contribution in [2.45, 2.75) is 56.4 Å². The van der Waals surface area contributed by atoms with Gasteiger partial charge in [-0.05, 0) is 49.8 Å². The summed E-state index contributed by atoms with van der Waals surface area (Å²) in [6, 6.07) is 6.61. The van der Waals surface area contributed by atoms with Crippen molar-refractivity contribution in [1.29, 1.82) is 0 Å². The first-order valence-corrected chi connectivity index (χ1v) is 10.3. The Kier molecular flexibility index (Phi) is 5.25. The van der Waals surface area contributed by atoms with Crippen molar-refractivity contribution in [2.24, 2.45) is 5.92 Å². The molecule has 132 valence electrons. The maximum atomic E-state index is 12.6. The highest BCUT2D eigenvalue weighted by atomic mass is 32.2. The van der Waals surface area contributed by atoms with Gasteiger partial charge in [-0.3, -0.25) is 4.79 Å². The van der Waals surface area contributed by atoms with E-state index >= 15 is 0 Å². The molecule has 1 N–H and O–H groups in total. The van der Waals surface area contributed by atoms with E-state index in [2.05, 4.69) is 12.2 Å². The van der Waals surface area contributed by atoms with Crippen LogP contribution in [0.4, 0.5) is 0 Å². The van der Waals surface area contributed by atoms with Crippen molar-refractivity contribution in [2.75, 3.05) is 13.1 Å². The molecule has 1 aliphatic carbocycles. The van der Waals surface area contributed by atoms with Crippen LogP contribution >= 0.6 is 0 Å². The lowest BCUT2D eigenvalue weighted by atomic mass is 9.86. The fraction of sp³-hybridized carbons (Fsp3) is 0.611. The fourth-order valence-corrected chi connectivity index (χ4v) is 5.22. The van der Waals surface area contributed by atoms with Crippen LogP contribution in [0, 0.1) is 5.92 Å². The van der Waals surface area contributed by atoms with Gasteiger partial charge in [-0.1, -0.05) is 25.8 Å². The molecule has 1 aromatic carbocycles. The second kappa shape index (κ2) is 7.23. The van der Waals surface area contributed by atoms with Crippen LogP contribution in [-0.4, -0.2) is 37.8 Å². The number of carbonyl (C=O) groups is 1. The van der Waals surface area contributed by atoms with Gasteiger partial charge < -0.3 is 5.32 Å². The van der Waals surface area contributed by atoms with E-state index in [1.54, 1.807) is 18.2 Å². The summed E-state index contributed by atoms with van der Waals surface area (Å²) in [6.07, 6.45) is 6.29. The summed E-state index contributed by atoms with van der Waals surface area (Å²) in [6.45, 7) is 3.30. The lowest BCUT2D eigenvalue weighted by Crippen LogP contribution is -2.41. The average molecular weight is 350 g/mol. The number of amides is 1. The number of hydrogen-bond donors (Lipinski definition) is 1. The van der Waals surface area contributed by atoms with Crippen LogP contribution < -0.4 is 5.32 Å². The number of rotatable bonds is 4. The normalized spacial score (nSPS) is 25.5. The van der Waals surface area contributed by atoms with Crippen molar-refractivity contribution in [1.82, 2.24) is 9.62 Å². The molecule has 0 bridgehead atoms. The van der Waals surface area contributed by atoms with E-state index in [1.165, 1.54) is 16.8 Å². The summed E-state index contributed by atoms with van der Waals surface area (Å²) in [7, 11) is -3.49. The molecule has 1 heterocycles. The maximum Gasteiger partial charge on any atom is 0.251 e. The second-order valence-electron chi connectivity index (χ2n) is 6.98. The summed E-state index contributed by atoms with van der Waals surface area (Å²) in [5.74, 6) is 0.298. The molecule has 0 spiro atoms. The zero-order chi connectivity index (χ0) is 17.2. The predicted octanol–water partition coefficient (Wildman–Crippen LogP) is 2.78. The van der Waals surface area contributed by atoms with E-state index in [0.717, 1.165) is 32.1 Å². The topological polar surface area (TPSA) is 66.5 Å². The van der Waals surface area contributed by atoms with Crippen LogP contribution in [0.25, 0.3) is 0 Å². The largest absolute Gasteiger partial charge is 0.349 e. The van der Waals surface area contributed by atoms with E-state index < -0.39 is 10.0 Å². The predicted molar refractivity (Wildman–Crippen MR) is 93.3 cm³/mol. The van der Waals surface area contributed by atoms with Crippen molar-refractivity contribution in [3.8, 4) is 0 Å². The number of benzene rings is 1. The number of hydrogen-bond acceptors (Lipinski definition) is 3. The maximum absolute atomic E-state index is 12.6. The van der Waals surface area contributed by atoms with Gasteiger partial charge in [0, 0.05) is 24.7 Å². The zero-order valence-electron chi connectivity index (χ0n) is 14.2.